The number of anilines is 1. The van der Waals surface area contributed by atoms with Crippen LogP contribution in [-0.4, -0.2) is 23.0 Å². The number of hydrogen-bond acceptors (Lipinski definition) is 5. The van der Waals surface area contributed by atoms with Gasteiger partial charge in [-0.3, -0.25) is 4.79 Å². The van der Waals surface area contributed by atoms with Crippen molar-refractivity contribution in [3.8, 4) is 6.07 Å². The van der Waals surface area contributed by atoms with E-state index in [1.54, 1.807) is 0 Å². The number of benzene rings is 1. The first kappa shape index (κ1) is 17.7. The van der Waals surface area contributed by atoms with Crippen LogP contribution in [0.1, 0.15) is 23.0 Å². The van der Waals surface area contributed by atoms with E-state index in [4.69, 9.17) is 33.2 Å². The third kappa shape index (κ3) is 4.44. The van der Waals surface area contributed by atoms with E-state index in [0.29, 0.717) is 16.3 Å². The highest BCUT2D eigenvalue weighted by atomic mass is 35.5. The molecule has 0 radical (unpaired) electrons. The highest BCUT2D eigenvalue weighted by Gasteiger charge is 2.20. The number of nitriles is 1. The number of rotatable bonds is 4. The second-order valence-corrected chi connectivity index (χ2v) is 5.55. The van der Waals surface area contributed by atoms with Crippen molar-refractivity contribution in [2.45, 2.75) is 13.0 Å². The summed E-state index contributed by atoms with van der Waals surface area (Å²) >= 11 is 11.7. The number of ether oxygens (including phenoxy) is 1. The second kappa shape index (κ2) is 7.77. The molecule has 0 saturated carbocycles. The molecule has 24 heavy (non-hydrogen) atoms. The fourth-order valence-electron chi connectivity index (χ4n) is 1.72. The van der Waals surface area contributed by atoms with Gasteiger partial charge in [0.15, 0.2) is 6.10 Å². The van der Waals surface area contributed by atoms with Crippen LogP contribution in [0.15, 0.2) is 36.5 Å². The normalized spacial score (nSPS) is 11.2. The minimum Gasteiger partial charge on any atom is -0.448 e. The first-order chi connectivity index (χ1) is 11.4. The van der Waals surface area contributed by atoms with E-state index in [2.05, 4.69) is 10.3 Å². The van der Waals surface area contributed by atoms with Gasteiger partial charge in [0.25, 0.3) is 5.91 Å². The van der Waals surface area contributed by atoms with Gasteiger partial charge in [-0.2, -0.15) is 5.26 Å². The average molecular weight is 364 g/mol. The molecule has 0 unspecified atom stereocenters. The zero-order valence-corrected chi connectivity index (χ0v) is 13.9. The summed E-state index contributed by atoms with van der Waals surface area (Å²) in [6, 6.07) is 9.21. The van der Waals surface area contributed by atoms with Crippen LogP contribution in [0.2, 0.25) is 10.0 Å². The molecule has 8 heteroatoms. The highest BCUT2D eigenvalue weighted by molar-refractivity contribution is 6.32. The summed E-state index contributed by atoms with van der Waals surface area (Å²) < 4.78 is 5.04. The number of nitrogens with one attached hydrogen (secondary N) is 1. The third-order valence-corrected chi connectivity index (χ3v) is 3.49. The van der Waals surface area contributed by atoms with Gasteiger partial charge in [-0.05, 0) is 37.3 Å². The van der Waals surface area contributed by atoms with Gasteiger partial charge in [0.05, 0.1) is 10.6 Å². The summed E-state index contributed by atoms with van der Waals surface area (Å²) in [7, 11) is 0. The Morgan fingerprint density at radius 2 is 2.04 bits per heavy atom. The Hall–Kier alpha value is -2.62. The molecule has 0 bridgehead atoms. The lowest BCUT2D eigenvalue weighted by molar-refractivity contribution is -0.123. The number of aromatic nitrogens is 1. The van der Waals surface area contributed by atoms with Crippen molar-refractivity contribution >= 4 is 40.8 Å². The molecule has 2 aromatic rings. The minimum atomic E-state index is -1.06. The smallest absolute Gasteiger partial charge is 0.357 e. The molecule has 2 rings (SSSR count). The van der Waals surface area contributed by atoms with Crippen molar-refractivity contribution < 1.29 is 14.3 Å². The highest BCUT2D eigenvalue weighted by Crippen LogP contribution is 2.20. The molecule has 0 aliphatic rings. The van der Waals surface area contributed by atoms with Crippen LogP contribution in [-0.2, 0) is 9.53 Å². The van der Waals surface area contributed by atoms with Gasteiger partial charge in [0, 0.05) is 16.9 Å². The number of carbonyl (C=O) groups is 2. The summed E-state index contributed by atoms with van der Waals surface area (Å²) in [5.41, 5.74) is 0.678. The van der Waals surface area contributed by atoms with E-state index in [1.165, 1.54) is 43.5 Å². The van der Waals surface area contributed by atoms with Crippen molar-refractivity contribution in [2.24, 2.45) is 0 Å². The Morgan fingerprint density at radius 3 is 2.67 bits per heavy atom. The van der Waals surface area contributed by atoms with Crippen molar-refractivity contribution in [3.05, 3.63) is 57.8 Å². The molecule has 1 aromatic heterocycles. The second-order valence-electron chi connectivity index (χ2n) is 4.70. The monoisotopic (exact) mass is 363 g/mol. The molecule has 0 aliphatic carbocycles. The van der Waals surface area contributed by atoms with E-state index >= 15 is 0 Å². The molecule has 1 atom stereocenters. The van der Waals surface area contributed by atoms with E-state index in [-0.39, 0.29) is 10.7 Å². The van der Waals surface area contributed by atoms with Gasteiger partial charge in [-0.25, -0.2) is 9.78 Å². The number of halogens is 2. The molecular weight excluding hydrogens is 353 g/mol. The van der Waals surface area contributed by atoms with Crippen molar-refractivity contribution in [1.29, 1.82) is 5.26 Å². The topological polar surface area (TPSA) is 92.1 Å². The van der Waals surface area contributed by atoms with Crippen molar-refractivity contribution in [1.82, 2.24) is 4.98 Å². The van der Waals surface area contributed by atoms with Gasteiger partial charge >= 0.3 is 5.97 Å². The molecular formula is C16H11Cl2N3O3. The number of nitrogens with zero attached hydrogens (tertiary/aromatic N) is 2. The third-order valence-electron chi connectivity index (χ3n) is 2.94. The fraction of sp³-hybridized carbons (Fsp3) is 0.125. The zero-order chi connectivity index (χ0) is 17.7. The van der Waals surface area contributed by atoms with Crippen molar-refractivity contribution in [2.75, 3.05) is 5.32 Å². The molecule has 0 saturated heterocycles. The van der Waals surface area contributed by atoms with Crippen LogP contribution < -0.4 is 5.32 Å². The van der Waals surface area contributed by atoms with Crippen LogP contribution in [0.4, 0.5) is 5.69 Å². The Bertz CT molecular complexity index is 834. The molecule has 1 N–H and O–H groups in total. The summed E-state index contributed by atoms with van der Waals surface area (Å²) in [5, 5.41) is 11.9. The van der Waals surface area contributed by atoms with Crippen molar-refractivity contribution in [3.63, 3.8) is 0 Å². The van der Waals surface area contributed by atoms with Crippen LogP contribution in [0.25, 0.3) is 0 Å². The maximum Gasteiger partial charge on any atom is 0.357 e. The largest absolute Gasteiger partial charge is 0.448 e. The molecule has 1 amide bonds. The molecule has 6 nitrogen and oxygen atoms in total. The lowest BCUT2D eigenvalue weighted by atomic mass is 10.2. The summed E-state index contributed by atoms with van der Waals surface area (Å²) in [6.45, 7) is 1.42. The lowest BCUT2D eigenvalue weighted by Gasteiger charge is -2.13. The molecule has 0 fully saturated rings. The van der Waals surface area contributed by atoms with Gasteiger partial charge in [0.1, 0.15) is 11.8 Å². The number of carbonyl (C=O) groups excluding carboxylic acids is 2. The number of hydrogen-bond donors (Lipinski definition) is 1. The summed E-state index contributed by atoms with van der Waals surface area (Å²) in [5.74, 6) is -1.32. The van der Waals surface area contributed by atoms with Gasteiger partial charge in [-0.1, -0.05) is 23.2 Å². The van der Waals surface area contributed by atoms with Gasteiger partial charge in [-0.15, -0.1) is 0 Å². The Labute approximate surface area is 148 Å². The molecule has 0 spiro atoms. The number of esters is 1. The summed E-state index contributed by atoms with van der Waals surface area (Å²) in [4.78, 5) is 27.8. The first-order valence-electron chi connectivity index (χ1n) is 6.73. The van der Waals surface area contributed by atoms with Crippen LogP contribution in [0, 0.1) is 11.3 Å². The number of pyridine rings is 1. The zero-order valence-electron chi connectivity index (χ0n) is 12.4. The predicted molar refractivity (Wildman–Crippen MR) is 88.9 cm³/mol. The quantitative estimate of drug-likeness (QED) is 0.839. The molecule has 0 aliphatic heterocycles. The van der Waals surface area contributed by atoms with E-state index in [1.807, 2.05) is 6.07 Å². The first-order valence-corrected chi connectivity index (χ1v) is 7.49. The minimum absolute atomic E-state index is 0.00330. The predicted octanol–water partition coefficient (Wildman–Crippen LogP) is 3.44. The van der Waals surface area contributed by atoms with E-state index < -0.39 is 18.0 Å². The fourth-order valence-corrected chi connectivity index (χ4v) is 2.10. The average Bonchev–Trinajstić information content (AvgIpc) is 2.55. The SMILES string of the molecule is C[C@H](OC(=O)c1cc(Cl)ccn1)C(=O)Nc1ccc(C#N)c(Cl)c1. The Balaban J connectivity index is 2.01. The van der Waals surface area contributed by atoms with Gasteiger partial charge < -0.3 is 10.1 Å². The van der Waals surface area contributed by atoms with E-state index in [9.17, 15) is 9.59 Å². The van der Waals surface area contributed by atoms with Crippen LogP contribution in [0.3, 0.4) is 0 Å². The standard InChI is InChI=1S/C16H11Cl2N3O3/c1-9(24-16(23)14-6-11(17)4-5-20-14)15(22)21-12-3-2-10(8-19)13(18)7-12/h2-7,9H,1H3,(H,21,22)/t9-/m0/s1. The van der Waals surface area contributed by atoms with Gasteiger partial charge in [0.2, 0.25) is 0 Å². The summed E-state index contributed by atoms with van der Waals surface area (Å²) in [6.07, 6.45) is 0.301. The maximum absolute atomic E-state index is 12.1. The number of amides is 1. The molecule has 1 heterocycles. The van der Waals surface area contributed by atoms with E-state index in [0.717, 1.165) is 0 Å². The van der Waals surface area contributed by atoms with Crippen LogP contribution in [0.5, 0.6) is 0 Å². The maximum atomic E-state index is 12.1. The molecule has 1 aromatic carbocycles. The Morgan fingerprint density at radius 1 is 1.29 bits per heavy atom. The lowest BCUT2D eigenvalue weighted by Crippen LogP contribution is -2.30. The Kier molecular flexibility index (Phi) is 5.74. The van der Waals surface area contributed by atoms with Crippen LogP contribution >= 0.6 is 23.2 Å². The molecule has 122 valence electrons.